The van der Waals surface area contributed by atoms with E-state index in [-0.39, 0.29) is 0 Å². The molecule has 128 valence electrons. The first-order valence-corrected chi connectivity index (χ1v) is 10.1. The van der Waals surface area contributed by atoms with Gasteiger partial charge in [-0.1, -0.05) is 58.0 Å². The van der Waals surface area contributed by atoms with E-state index in [1.165, 1.54) is 59.5 Å². The molecule has 0 N–H and O–H groups in total. The first-order valence-electron chi connectivity index (χ1n) is 9.61. The predicted molar refractivity (Wildman–Crippen MR) is 115 cm³/mol. The molecule has 4 aromatic carbocycles. The molecule has 0 amide bonds. The Balaban J connectivity index is 2.36. The van der Waals surface area contributed by atoms with E-state index >= 15 is 0 Å². The fourth-order valence-corrected chi connectivity index (χ4v) is 5.19. The van der Waals surface area contributed by atoms with Crippen molar-refractivity contribution in [3.8, 4) is 0 Å². The first kappa shape index (κ1) is 16.7. The van der Waals surface area contributed by atoms with Gasteiger partial charge in [-0.15, -0.1) is 12.6 Å². The standard InChI is InChI=1S/C24H26S/c1-5-14-13-15(6-2)19-10-12-21-17(8-4)24(25)16(7-3)20-11-9-18(14)22(19)23(20)21/h9-13,25H,5-8H2,1-4H3. The summed E-state index contributed by atoms with van der Waals surface area (Å²) in [5, 5.41) is 8.60. The lowest BCUT2D eigenvalue weighted by Crippen LogP contribution is -1.99. The van der Waals surface area contributed by atoms with Gasteiger partial charge in [-0.2, -0.15) is 0 Å². The molecular weight excluding hydrogens is 320 g/mol. The van der Waals surface area contributed by atoms with Crippen LogP contribution in [0, 0.1) is 0 Å². The molecule has 0 aliphatic heterocycles. The molecule has 0 spiro atoms. The highest BCUT2D eigenvalue weighted by Gasteiger charge is 2.18. The highest BCUT2D eigenvalue weighted by Crippen LogP contribution is 2.43. The van der Waals surface area contributed by atoms with Gasteiger partial charge in [0.1, 0.15) is 0 Å². The molecular formula is C24H26S. The van der Waals surface area contributed by atoms with Crippen LogP contribution in [0.1, 0.15) is 49.9 Å². The van der Waals surface area contributed by atoms with Crippen molar-refractivity contribution in [2.75, 3.05) is 0 Å². The Morgan fingerprint density at radius 1 is 0.600 bits per heavy atom. The lowest BCUT2D eigenvalue weighted by molar-refractivity contribution is 1.04. The SMILES string of the molecule is CCc1cc(CC)c2ccc3c(CC)c(S)c(CC)c4ccc1c2c43. The van der Waals surface area contributed by atoms with Crippen molar-refractivity contribution in [2.45, 2.75) is 58.3 Å². The van der Waals surface area contributed by atoms with Crippen LogP contribution in [0.15, 0.2) is 35.2 Å². The lowest BCUT2D eigenvalue weighted by atomic mass is 9.84. The van der Waals surface area contributed by atoms with Crippen molar-refractivity contribution in [3.05, 3.63) is 52.6 Å². The van der Waals surface area contributed by atoms with Gasteiger partial charge < -0.3 is 0 Å². The average Bonchev–Trinajstić information content (AvgIpc) is 2.65. The van der Waals surface area contributed by atoms with Crippen LogP contribution in [-0.4, -0.2) is 0 Å². The highest BCUT2D eigenvalue weighted by atomic mass is 32.1. The molecule has 0 nitrogen and oxygen atoms in total. The molecule has 0 heterocycles. The molecule has 1 heteroatoms. The van der Waals surface area contributed by atoms with Crippen LogP contribution in [0.25, 0.3) is 32.3 Å². The number of benzene rings is 4. The fourth-order valence-electron chi connectivity index (χ4n) is 4.64. The zero-order valence-corrected chi connectivity index (χ0v) is 16.6. The van der Waals surface area contributed by atoms with Crippen LogP contribution in [0.3, 0.4) is 0 Å². The van der Waals surface area contributed by atoms with Crippen LogP contribution in [-0.2, 0) is 25.7 Å². The molecule has 0 radical (unpaired) electrons. The smallest absolute Gasteiger partial charge is 0.0116 e. The Morgan fingerprint density at radius 3 is 1.40 bits per heavy atom. The van der Waals surface area contributed by atoms with Crippen molar-refractivity contribution in [3.63, 3.8) is 0 Å². The number of aryl methyl sites for hydroxylation is 4. The molecule has 4 rings (SSSR count). The molecule has 0 unspecified atom stereocenters. The summed E-state index contributed by atoms with van der Waals surface area (Å²) in [7, 11) is 0. The maximum Gasteiger partial charge on any atom is 0.0116 e. The molecule has 0 saturated heterocycles. The third-order valence-corrected chi connectivity index (χ3v) is 6.43. The lowest BCUT2D eigenvalue weighted by Gasteiger charge is -2.21. The minimum absolute atomic E-state index is 1.03. The van der Waals surface area contributed by atoms with E-state index in [1.54, 1.807) is 0 Å². The summed E-state index contributed by atoms with van der Waals surface area (Å²) in [6.45, 7) is 9.04. The predicted octanol–water partition coefficient (Wildman–Crippen LogP) is 7.12. The van der Waals surface area contributed by atoms with E-state index < -0.39 is 0 Å². The van der Waals surface area contributed by atoms with E-state index in [9.17, 15) is 0 Å². The van der Waals surface area contributed by atoms with Gasteiger partial charge in [-0.25, -0.2) is 0 Å². The van der Waals surface area contributed by atoms with E-state index in [0.717, 1.165) is 25.7 Å². The van der Waals surface area contributed by atoms with Gasteiger partial charge in [0, 0.05) is 4.90 Å². The molecule has 0 fully saturated rings. The van der Waals surface area contributed by atoms with Gasteiger partial charge in [0.05, 0.1) is 0 Å². The Kier molecular flexibility index (Phi) is 4.16. The third-order valence-electron chi connectivity index (χ3n) is 5.89. The van der Waals surface area contributed by atoms with Gasteiger partial charge in [0.25, 0.3) is 0 Å². The quantitative estimate of drug-likeness (QED) is 0.295. The number of rotatable bonds is 4. The number of hydrogen-bond donors (Lipinski definition) is 1. The van der Waals surface area contributed by atoms with Crippen molar-refractivity contribution >= 4 is 44.9 Å². The number of hydrogen-bond acceptors (Lipinski definition) is 1. The van der Waals surface area contributed by atoms with Crippen molar-refractivity contribution in [2.24, 2.45) is 0 Å². The van der Waals surface area contributed by atoms with Gasteiger partial charge in [0.15, 0.2) is 0 Å². The van der Waals surface area contributed by atoms with Gasteiger partial charge in [-0.3, -0.25) is 0 Å². The highest BCUT2D eigenvalue weighted by molar-refractivity contribution is 7.80. The van der Waals surface area contributed by atoms with Crippen LogP contribution in [0.2, 0.25) is 0 Å². The zero-order chi connectivity index (χ0) is 17.7. The first-order chi connectivity index (χ1) is 12.2. The summed E-state index contributed by atoms with van der Waals surface area (Å²) in [6.07, 6.45) is 4.23. The van der Waals surface area contributed by atoms with Crippen LogP contribution in [0.4, 0.5) is 0 Å². The van der Waals surface area contributed by atoms with Gasteiger partial charge in [0.2, 0.25) is 0 Å². The Morgan fingerprint density at radius 2 is 1.00 bits per heavy atom. The van der Waals surface area contributed by atoms with E-state index in [2.05, 4.69) is 58.0 Å². The summed E-state index contributed by atoms with van der Waals surface area (Å²) in [5.41, 5.74) is 5.76. The topological polar surface area (TPSA) is 0 Å². The van der Waals surface area contributed by atoms with Crippen molar-refractivity contribution < 1.29 is 0 Å². The van der Waals surface area contributed by atoms with E-state index in [0.29, 0.717) is 0 Å². The van der Waals surface area contributed by atoms with E-state index in [4.69, 9.17) is 12.6 Å². The minimum atomic E-state index is 1.03. The summed E-state index contributed by atoms with van der Waals surface area (Å²) < 4.78 is 0. The van der Waals surface area contributed by atoms with Crippen LogP contribution < -0.4 is 0 Å². The van der Waals surface area contributed by atoms with Crippen LogP contribution in [0.5, 0.6) is 0 Å². The normalized spacial score (nSPS) is 12.0. The van der Waals surface area contributed by atoms with Crippen molar-refractivity contribution in [1.82, 2.24) is 0 Å². The summed E-state index contributed by atoms with van der Waals surface area (Å²) in [6, 6.07) is 11.8. The van der Waals surface area contributed by atoms with Gasteiger partial charge in [-0.05, 0) is 80.3 Å². The molecule has 4 aromatic rings. The second kappa shape index (κ2) is 6.21. The maximum absolute atomic E-state index is 4.93. The van der Waals surface area contributed by atoms with Gasteiger partial charge >= 0.3 is 0 Å². The fraction of sp³-hybridized carbons (Fsp3) is 0.333. The molecule has 0 aliphatic carbocycles. The maximum atomic E-state index is 4.93. The Labute approximate surface area is 156 Å². The Hall–Kier alpha value is -1.73. The second-order valence-corrected chi connectivity index (χ2v) is 7.43. The second-order valence-electron chi connectivity index (χ2n) is 6.99. The summed E-state index contributed by atoms with van der Waals surface area (Å²) in [5.74, 6) is 0. The molecule has 0 atom stereocenters. The number of thiol groups is 1. The third kappa shape index (κ3) is 2.22. The monoisotopic (exact) mass is 346 g/mol. The molecule has 25 heavy (non-hydrogen) atoms. The minimum Gasteiger partial charge on any atom is -0.143 e. The van der Waals surface area contributed by atoms with E-state index in [1.807, 2.05) is 0 Å². The average molecular weight is 347 g/mol. The zero-order valence-electron chi connectivity index (χ0n) is 15.7. The van der Waals surface area contributed by atoms with Crippen LogP contribution >= 0.6 is 12.6 Å². The molecule has 0 aromatic heterocycles. The molecule has 0 bridgehead atoms. The van der Waals surface area contributed by atoms with Crippen molar-refractivity contribution in [1.29, 1.82) is 0 Å². The molecule has 0 saturated carbocycles. The largest absolute Gasteiger partial charge is 0.143 e. The summed E-state index contributed by atoms with van der Waals surface area (Å²) >= 11 is 4.93. The Bertz CT molecular complexity index is 1010. The molecule has 0 aliphatic rings. The summed E-state index contributed by atoms with van der Waals surface area (Å²) in [4.78, 5) is 1.20.